The molecule has 0 unspecified atom stereocenters. The van der Waals surface area contributed by atoms with Crippen molar-refractivity contribution >= 4 is 29.4 Å². The van der Waals surface area contributed by atoms with Gasteiger partial charge in [0, 0.05) is 31.7 Å². The molecule has 23 heavy (non-hydrogen) atoms. The van der Waals surface area contributed by atoms with E-state index in [-0.39, 0.29) is 24.1 Å². The molecule has 1 saturated heterocycles. The number of ketones is 1. The van der Waals surface area contributed by atoms with E-state index in [2.05, 4.69) is 0 Å². The van der Waals surface area contributed by atoms with Crippen LogP contribution in [0, 0.1) is 0 Å². The second-order valence-corrected chi connectivity index (χ2v) is 6.39. The van der Waals surface area contributed by atoms with Crippen molar-refractivity contribution in [3.05, 3.63) is 35.9 Å². The first kappa shape index (κ1) is 17.5. The fourth-order valence-corrected chi connectivity index (χ4v) is 3.22. The highest BCUT2D eigenvalue weighted by Crippen LogP contribution is 2.10. The Labute approximate surface area is 140 Å². The van der Waals surface area contributed by atoms with Crippen LogP contribution >= 0.6 is 11.8 Å². The molecule has 1 aromatic carbocycles. The highest BCUT2D eigenvalue weighted by atomic mass is 32.2. The summed E-state index contributed by atoms with van der Waals surface area (Å²) in [5.74, 6) is 0.329. The highest BCUT2D eigenvalue weighted by molar-refractivity contribution is 8.00. The molecule has 0 radical (unpaired) electrons. The van der Waals surface area contributed by atoms with Gasteiger partial charge in [-0.25, -0.2) is 0 Å². The summed E-state index contributed by atoms with van der Waals surface area (Å²) in [6.45, 7) is 2.74. The van der Waals surface area contributed by atoms with Crippen LogP contribution in [0.2, 0.25) is 0 Å². The summed E-state index contributed by atoms with van der Waals surface area (Å²) in [5, 5.41) is 0. The van der Waals surface area contributed by atoms with Crippen molar-refractivity contribution in [3.63, 3.8) is 0 Å². The molecular formula is C16H21N3O3S. The zero-order chi connectivity index (χ0) is 16.7. The Morgan fingerprint density at radius 1 is 1.00 bits per heavy atom. The maximum Gasteiger partial charge on any atom is 0.232 e. The number of hydrogen-bond donors (Lipinski definition) is 1. The lowest BCUT2D eigenvalue weighted by Crippen LogP contribution is -2.51. The lowest BCUT2D eigenvalue weighted by Gasteiger charge is -2.34. The summed E-state index contributed by atoms with van der Waals surface area (Å²) in [4.78, 5) is 38.7. The average Bonchev–Trinajstić information content (AvgIpc) is 2.55. The zero-order valence-corrected chi connectivity index (χ0v) is 13.8. The van der Waals surface area contributed by atoms with Crippen molar-refractivity contribution < 1.29 is 14.4 Å². The molecule has 1 heterocycles. The second-order valence-electron chi connectivity index (χ2n) is 5.41. The van der Waals surface area contributed by atoms with Gasteiger partial charge >= 0.3 is 0 Å². The van der Waals surface area contributed by atoms with E-state index in [4.69, 9.17) is 5.73 Å². The smallest absolute Gasteiger partial charge is 0.232 e. The lowest BCUT2D eigenvalue weighted by atomic mass is 10.2. The number of nitrogens with zero attached hydrogens (tertiary/aromatic N) is 2. The fourth-order valence-electron chi connectivity index (χ4n) is 2.41. The first-order valence-electron chi connectivity index (χ1n) is 7.50. The summed E-state index contributed by atoms with van der Waals surface area (Å²) < 4.78 is 0. The maximum absolute atomic E-state index is 12.1. The summed E-state index contributed by atoms with van der Waals surface area (Å²) in [6, 6.07) is 9.08. The van der Waals surface area contributed by atoms with Crippen molar-refractivity contribution in [2.45, 2.75) is 0 Å². The molecule has 2 rings (SSSR count). The Kier molecular flexibility index (Phi) is 6.61. The molecule has 1 aliphatic heterocycles. The molecule has 124 valence electrons. The summed E-state index contributed by atoms with van der Waals surface area (Å²) in [7, 11) is 0. The Morgan fingerprint density at radius 2 is 1.65 bits per heavy atom. The number of primary amides is 1. The van der Waals surface area contributed by atoms with Crippen molar-refractivity contribution in [3.8, 4) is 0 Å². The number of carbonyl (C=O) groups is 3. The predicted molar refractivity (Wildman–Crippen MR) is 90.3 cm³/mol. The maximum atomic E-state index is 12.1. The minimum atomic E-state index is -0.347. The molecule has 6 nitrogen and oxygen atoms in total. The summed E-state index contributed by atoms with van der Waals surface area (Å²) in [5.41, 5.74) is 5.84. The molecule has 0 atom stereocenters. The van der Waals surface area contributed by atoms with Crippen molar-refractivity contribution in [2.24, 2.45) is 5.73 Å². The van der Waals surface area contributed by atoms with E-state index in [1.165, 1.54) is 11.8 Å². The quantitative estimate of drug-likeness (QED) is 0.721. The Balaban J connectivity index is 1.68. The van der Waals surface area contributed by atoms with Crippen LogP contribution < -0.4 is 5.73 Å². The molecule has 7 heteroatoms. The van der Waals surface area contributed by atoms with E-state index in [0.29, 0.717) is 43.2 Å². The van der Waals surface area contributed by atoms with Crippen LogP contribution in [0.1, 0.15) is 10.4 Å². The molecule has 0 bridgehead atoms. The zero-order valence-electron chi connectivity index (χ0n) is 12.9. The summed E-state index contributed by atoms with van der Waals surface area (Å²) >= 11 is 1.34. The third kappa shape index (κ3) is 5.69. The Morgan fingerprint density at radius 3 is 2.26 bits per heavy atom. The highest BCUT2D eigenvalue weighted by Gasteiger charge is 2.21. The first-order valence-corrected chi connectivity index (χ1v) is 8.66. The van der Waals surface area contributed by atoms with E-state index >= 15 is 0 Å². The third-order valence-electron chi connectivity index (χ3n) is 3.66. The number of nitrogens with two attached hydrogens (primary N) is 1. The lowest BCUT2D eigenvalue weighted by molar-refractivity contribution is -0.130. The van der Waals surface area contributed by atoms with Gasteiger partial charge in [-0.1, -0.05) is 30.3 Å². The SMILES string of the molecule is NC(=O)CN1CCN(C(=O)CSCC(=O)c2ccccc2)CC1. The minimum Gasteiger partial charge on any atom is -0.369 e. The molecule has 0 saturated carbocycles. The molecule has 1 aliphatic rings. The largest absolute Gasteiger partial charge is 0.369 e. The van der Waals surface area contributed by atoms with Gasteiger partial charge < -0.3 is 10.6 Å². The van der Waals surface area contributed by atoms with Gasteiger partial charge in [0.1, 0.15) is 0 Å². The van der Waals surface area contributed by atoms with Gasteiger partial charge in [0.15, 0.2) is 5.78 Å². The Hall–Kier alpha value is -1.86. The fraction of sp³-hybridized carbons (Fsp3) is 0.438. The van der Waals surface area contributed by atoms with Gasteiger partial charge in [-0.05, 0) is 0 Å². The van der Waals surface area contributed by atoms with Crippen LogP contribution in [0.25, 0.3) is 0 Å². The number of thioether (sulfide) groups is 1. The van der Waals surface area contributed by atoms with Crippen molar-refractivity contribution in [2.75, 3.05) is 44.2 Å². The van der Waals surface area contributed by atoms with E-state index in [1.54, 1.807) is 17.0 Å². The number of hydrogen-bond acceptors (Lipinski definition) is 5. The molecule has 1 fully saturated rings. The van der Waals surface area contributed by atoms with Crippen LogP contribution in [-0.2, 0) is 9.59 Å². The first-order chi connectivity index (χ1) is 11.1. The van der Waals surface area contributed by atoms with E-state index in [1.807, 2.05) is 23.1 Å². The molecule has 0 aliphatic carbocycles. The Bertz CT molecular complexity index is 557. The average molecular weight is 335 g/mol. The number of amides is 2. The van der Waals surface area contributed by atoms with Crippen LogP contribution in [0.4, 0.5) is 0 Å². The van der Waals surface area contributed by atoms with E-state index in [9.17, 15) is 14.4 Å². The normalized spacial score (nSPS) is 15.4. The molecule has 2 N–H and O–H groups in total. The predicted octanol–water partition coefficient (Wildman–Crippen LogP) is 0.232. The van der Waals surface area contributed by atoms with Gasteiger partial charge in [-0.2, -0.15) is 0 Å². The van der Waals surface area contributed by atoms with Gasteiger partial charge in [-0.3, -0.25) is 19.3 Å². The number of rotatable bonds is 7. The number of Topliss-reactive ketones (excluding diaryl/α,β-unsaturated/α-hetero) is 1. The van der Waals surface area contributed by atoms with Crippen molar-refractivity contribution in [1.29, 1.82) is 0 Å². The van der Waals surface area contributed by atoms with Crippen molar-refractivity contribution in [1.82, 2.24) is 9.80 Å². The van der Waals surface area contributed by atoms with Crippen LogP contribution in [0.3, 0.4) is 0 Å². The monoisotopic (exact) mass is 335 g/mol. The number of piperazine rings is 1. The molecule has 1 aromatic rings. The molecule has 2 amide bonds. The van der Waals surface area contributed by atoms with Gasteiger partial charge in [0.2, 0.25) is 11.8 Å². The standard InChI is InChI=1S/C16H21N3O3S/c17-15(21)10-18-6-8-19(9-7-18)16(22)12-23-11-14(20)13-4-2-1-3-5-13/h1-5H,6-12H2,(H2,17,21). The van der Waals surface area contributed by atoms with Crippen LogP contribution in [0.15, 0.2) is 30.3 Å². The van der Waals surface area contributed by atoms with Gasteiger partial charge in [0.05, 0.1) is 18.1 Å². The topological polar surface area (TPSA) is 83.7 Å². The molecule has 0 spiro atoms. The summed E-state index contributed by atoms with van der Waals surface area (Å²) in [6.07, 6.45) is 0. The van der Waals surface area contributed by atoms with Gasteiger partial charge in [-0.15, -0.1) is 11.8 Å². The van der Waals surface area contributed by atoms with E-state index in [0.717, 1.165) is 0 Å². The third-order valence-corrected chi connectivity index (χ3v) is 4.58. The number of benzene rings is 1. The molecular weight excluding hydrogens is 314 g/mol. The van der Waals surface area contributed by atoms with E-state index < -0.39 is 0 Å². The molecule has 0 aromatic heterocycles. The number of carbonyl (C=O) groups excluding carboxylic acids is 3. The minimum absolute atomic E-state index is 0.0367. The van der Waals surface area contributed by atoms with Crippen LogP contribution in [0.5, 0.6) is 0 Å². The van der Waals surface area contributed by atoms with Crippen LogP contribution in [-0.4, -0.2) is 71.6 Å². The van der Waals surface area contributed by atoms with Gasteiger partial charge in [0.25, 0.3) is 0 Å². The second kappa shape index (κ2) is 8.69.